The van der Waals surface area contributed by atoms with Gasteiger partial charge in [0, 0.05) is 43.7 Å². The van der Waals surface area contributed by atoms with E-state index >= 15 is 0 Å². The molecular weight excluding hydrogens is 328 g/mol. The minimum atomic E-state index is -0.929. The highest BCUT2D eigenvalue weighted by molar-refractivity contribution is 5.98. The van der Waals surface area contributed by atoms with Crippen LogP contribution >= 0.6 is 0 Å². The molecule has 0 amide bonds. The minimum Gasteiger partial charge on any atom is -0.478 e. The number of likely N-dealkylation sites (N-methyl/N-ethyl adjacent to an activating group) is 1. The van der Waals surface area contributed by atoms with Crippen LogP contribution in [0.5, 0.6) is 0 Å². The van der Waals surface area contributed by atoms with Crippen molar-refractivity contribution >= 4 is 16.9 Å². The first kappa shape index (κ1) is 16.8. The van der Waals surface area contributed by atoms with E-state index in [4.69, 9.17) is 0 Å². The molecule has 4 rings (SSSR count). The molecule has 1 aliphatic rings. The number of benzene rings is 2. The Kier molecular flexibility index (Phi) is 4.44. The fourth-order valence-electron chi connectivity index (χ4n) is 3.40. The van der Waals surface area contributed by atoms with E-state index in [9.17, 15) is 9.90 Å². The van der Waals surface area contributed by atoms with Crippen LogP contribution < -0.4 is 0 Å². The van der Waals surface area contributed by atoms with E-state index in [1.165, 1.54) is 5.56 Å². The number of aromatic nitrogens is 2. The lowest BCUT2D eigenvalue weighted by Crippen LogP contribution is -2.43. The molecule has 1 fully saturated rings. The second kappa shape index (κ2) is 6.90. The molecule has 0 unspecified atom stereocenters. The van der Waals surface area contributed by atoms with Crippen LogP contribution in [0.15, 0.2) is 42.5 Å². The van der Waals surface area contributed by atoms with Crippen molar-refractivity contribution in [3.05, 3.63) is 53.6 Å². The predicted molar refractivity (Wildman–Crippen MR) is 101 cm³/mol. The van der Waals surface area contributed by atoms with Gasteiger partial charge in [-0.3, -0.25) is 10.00 Å². The molecule has 26 heavy (non-hydrogen) atoms. The summed E-state index contributed by atoms with van der Waals surface area (Å²) >= 11 is 0. The predicted octanol–water partition coefficient (Wildman–Crippen LogP) is 2.68. The van der Waals surface area contributed by atoms with Crippen LogP contribution in [0.1, 0.15) is 15.9 Å². The third-order valence-corrected chi connectivity index (χ3v) is 5.04. The lowest BCUT2D eigenvalue weighted by atomic mass is 10.0. The van der Waals surface area contributed by atoms with E-state index in [0.29, 0.717) is 0 Å². The molecule has 1 aromatic heterocycles. The highest BCUT2D eigenvalue weighted by atomic mass is 16.4. The summed E-state index contributed by atoms with van der Waals surface area (Å²) in [4.78, 5) is 16.1. The zero-order valence-electron chi connectivity index (χ0n) is 14.8. The third kappa shape index (κ3) is 3.34. The molecule has 3 aromatic rings. The lowest BCUT2D eigenvalue weighted by molar-refractivity contribution is 0.0697. The number of fused-ring (bicyclic) bond motifs is 1. The maximum Gasteiger partial charge on any atom is 0.335 e. The fourth-order valence-corrected chi connectivity index (χ4v) is 3.40. The third-order valence-electron chi connectivity index (χ3n) is 5.04. The largest absolute Gasteiger partial charge is 0.478 e. The van der Waals surface area contributed by atoms with Gasteiger partial charge < -0.3 is 10.0 Å². The van der Waals surface area contributed by atoms with Crippen LogP contribution in [-0.4, -0.2) is 64.3 Å². The quantitative estimate of drug-likeness (QED) is 0.757. The van der Waals surface area contributed by atoms with Crippen molar-refractivity contribution in [2.24, 2.45) is 0 Å². The summed E-state index contributed by atoms with van der Waals surface area (Å²) in [5.41, 5.74) is 4.16. The molecule has 6 nitrogen and oxygen atoms in total. The van der Waals surface area contributed by atoms with Crippen molar-refractivity contribution < 1.29 is 9.90 Å². The van der Waals surface area contributed by atoms with Crippen LogP contribution in [0.3, 0.4) is 0 Å². The number of nitrogens with zero attached hydrogens (tertiary/aromatic N) is 3. The number of aromatic amines is 1. The van der Waals surface area contributed by atoms with Crippen molar-refractivity contribution in [2.45, 2.75) is 6.54 Å². The summed E-state index contributed by atoms with van der Waals surface area (Å²) in [5.74, 6) is -0.929. The molecule has 0 atom stereocenters. The maximum atomic E-state index is 11.2. The van der Waals surface area contributed by atoms with Gasteiger partial charge in [0.25, 0.3) is 0 Å². The average Bonchev–Trinajstić information content (AvgIpc) is 3.07. The van der Waals surface area contributed by atoms with Crippen LogP contribution in [0.4, 0.5) is 0 Å². The normalized spacial score (nSPS) is 16.2. The molecule has 6 heteroatoms. The van der Waals surface area contributed by atoms with Crippen molar-refractivity contribution in [1.29, 1.82) is 0 Å². The monoisotopic (exact) mass is 350 g/mol. The number of nitrogens with one attached hydrogen (secondary N) is 1. The van der Waals surface area contributed by atoms with Crippen molar-refractivity contribution in [2.75, 3.05) is 33.2 Å². The lowest BCUT2D eigenvalue weighted by Gasteiger charge is -2.32. The van der Waals surface area contributed by atoms with Gasteiger partial charge in [0.2, 0.25) is 0 Å². The van der Waals surface area contributed by atoms with Crippen molar-refractivity contribution in [3.8, 4) is 11.3 Å². The van der Waals surface area contributed by atoms with E-state index in [1.54, 1.807) is 18.2 Å². The highest BCUT2D eigenvalue weighted by Crippen LogP contribution is 2.27. The van der Waals surface area contributed by atoms with Crippen molar-refractivity contribution in [3.63, 3.8) is 0 Å². The molecule has 1 saturated heterocycles. The molecule has 1 aliphatic heterocycles. The molecule has 0 spiro atoms. The van der Waals surface area contributed by atoms with Gasteiger partial charge >= 0.3 is 5.97 Å². The zero-order valence-corrected chi connectivity index (χ0v) is 14.8. The number of aromatic carboxylic acids is 1. The van der Waals surface area contributed by atoms with Crippen LogP contribution in [0, 0.1) is 0 Å². The van der Waals surface area contributed by atoms with Gasteiger partial charge in [-0.05, 0) is 30.8 Å². The molecule has 0 saturated carbocycles. The first-order valence-electron chi connectivity index (χ1n) is 8.82. The molecule has 2 N–H and O–H groups in total. The molecule has 0 bridgehead atoms. The maximum absolute atomic E-state index is 11.2. The Morgan fingerprint density at radius 2 is 1.85 bits per heavy atom. The Morgan fingerprint density at radius 1 is 1.12 bits per heavy atom. The fraction of sp³-hybridized carbons (Fsp3) is 0.300. The molecule has 134 valence electrons. The topological polar surface area (TPSA) is 72.5 Å². The zero-order chi connectivity index (χ0) is 18.1. The summed E-state index contributed by atoms with van der Waals surface area (Å²) in [7, 11) is 2.16. The van der Waals surface area contributed by atoms with Gasteiger partial charge in [0.05, 0.1) is 16.8 Å². The van der Waals surface area contributed by atoms with Gasteiger partial charge in [0.1, 0.15) is 0 Å². The molecule has 0 aliphatic carbocycles. The van der Waals surface area contributed by atoms with E-state index in [0.717, 1.165) is 54.9 Å². The Balaban J connectivity index is 1.56. The van der Waals surface area contributed by atoms with Crippen LogP contribution in [0.25, 0.3) is 22.2 Å². The van der Waals surface area contributed by atoms with Crippen LogP contribution in [0.2, 0.25) is 0 Å². The number of hydrogen-bond donors (Lipinski definition) is 2. The summed E-state index contributed by atoms with van der Waals surface area (Å²) < 4.78 is 0. The minimum absolute atomic E-state index is 0.270. The number of carbonyl (C=O) groups is 1. The number of H-pyrrole nitrogens is 1. The van der Waals surface area contributed by atoms with Gasteiger partial charge in [-0.15, -0.1) is 0 Å². The molecular formula is C20H22N4O2. The SMILES string of the molecule is CN1CCN(Cc2ccc(-c3n[nH]c4ccc(C(=O)O)cc34)cc2)CC1. The van der Waals surface area contributed by atoms with Crippen molar-refractivity contribution in [1.82, 2.24) is 20.0 Å². The Labute approximate surface area is 152 Å². The first-order chi connectivity index (χ1) is 12.6. The molecule has 2 aromatic carbocycles. The molecule has 0 radical (unpaired) electrons. The number of carboxylic acids is 1. The Bertz CT molecular complexity index is 925. The second-order valence-corrected chi connectivity index (χ2v) is 6.91. The Morgan fingerprint density at radius 3 is 2.54 bits per heavy atom. The molecule has 2 heterocycles. The standard InChI is InChI=1S/C20H22N4O2/c1-23-8-10-24(11-9-23)13-14-2-4-15(5-3-14)19-17-12-16(20(25)26)6-7-18(17)21-22-19/h2-7,12H,8-11,13H2,1H3,(H,21,22)(H,25,26). The summed E-state index contributed by atoms with van der Waals surface area (Å²) in [6.07, 6.45) is 0. The van der Waals surface area contributed by atoms with Gasteiger partial charge in [-0.1, -0.05) is 24.3 Å². The number of piperazine rings is 1. The smallest absolute Gasteiger partial charge is 0.335 e. The van der Waals surface area contributed by atoms with E-state index in [2.05, 4.69) is 51.3 Å². The van der Waals surface area contributed by atoms with Gasteiger partial charge in [-0.2, -0.15) is 5.10 Å². The van der Waals surface area contributed by atoms with E-state index in [-0.39, 0.29) is 5.56 Å². The van der Waals surface area contributed by atoms with E-state index < -0.39 is 5.97 Å². The summed E-state index contributed by atoms with van der Waals surface area (Å²) in [6.45, 7) is 5.38. The number of rotatable bonds is 4. The van der Waals surface area contributed by atoms with Crippen LogP contribution in [-0.2, 0) is 6.54 Å². The van der Waals surface area contributed by atoms with Gasteiger partial charge in [0.15, 0.2) is 0 Å². The first-order valence-corrected chi connectivity index (χ1v) is 8.82. The summed E-state index contributed by atoms with van der Waals surface area (Å²) in [5, 5.41) is 17.4. The Hall–Kier alpha value is -2.70. The highest BCUT2D eigenvalue weighted by Gasteiger charge is 2.15. The second-order valence-electron chi connectivity index (χ2n) is 6.91. The van der Waals surface area contributed by atoms with Gasteiger partial charge in [-0.25, -0.2) is 4.79 Å². The van der Waals surface area contributed by atoms with E-state index in [1.807, 2.05) is 0 Å². The number of hydrogen-bond acceptors (Lipinski definition) is 4. The number of carboxylic acid groups (broad SMARTS) is 1. The average molecular weight is 350 g/mol. The summed E-state index contributed by atoms with van der Waals surface area (Å²) in [6, 6.07) is 13.4.